The van der Waals surface area contributed by atoms with E-state index in [1.165, 1.54) is 0 Å². The van der Waals surface area contributed by atoms with Crippen LogP contribution in [0, 0.1) is 0 Å². The summed E-state index contributed by atoms with van der Waals surface area (Å²) in [7, 11) is 0. The summed E-state index contributed by atoms with van der Waals surface area (Å²) in [5, 5.41) is 2.99. The van der Waals surface area contributed by atoms with E-state index in [4.69, 9.17) is 15.2 Å². The lowest BCUT2D eigenvalue weighted by Crippen LogP contribution is -2.30. The van der Waals surface area contributed by atoms with Crippen LogP contribution in [0.5, 0.6) is 11.5 Å². The molecule has 1 aliphatic rings. The molecule has 2 aromatic rings. The van der Waals surface area contributed by atoms with Crippen molar-refractivity contribution in [2.45, 2.75) is 25.4 Å². The van der Waals surface area contributed by atoms with Gasteiger partial charge in [-0.1, -0.05) is 36.4 Å². The van der Waals surface area contributed by atoms with Crippen molar-refractivity contribution in [1.82, 2.24) is 5.32 Å². The number of benzene rings is 2. The first-order valence-electron chi connectivity index (χ1n) is 8.13. The average molecular weight is 326 g/mol. The number of nitrogens with two attached hydrogens (primary N) is 1. The summed E-state index contributed by atoms with van der Waals surface area (Å²) in [6.07, 6.45) is 0.249. The van der Waals surface area contributed by atoms with E-state index in [9.17, 15) is 4.79 Å². The van der Waals surface area contributed by atoms with Crippen molar-refractivity contribution in [3.63, 3.8) is 0 Å². The lowest BCUT2D eigenvalue weighted by molar-refractivity contribution is -0.122. The molecule has 3 N–H and O–H groups in total. The van der Waals surface area contributed by atoms with Gasteiger partial charge in [0.1, 0.15) is 13.2 Å². The zero-order valence-corrected chi connectivity index (χ0v) is 13.7. The summed E-state index contributed by atoms with van der Waals surface area (Å²) in [5.74, 6) is 1.39. The minimum Gasteiger partial charge on any atom is -0.486 e. The van der Waals surface area contributed by atoms with Crippen molar-refractivity contribution in [3.05, 3.63) is 59.7 Å². The van der Waals surface area contributed by atoms with Crippen LogP contribution in [0.1, 0.15) is 36.6 Å². The van der Waals surface area contributed by atoms with E-state index >= 15 is 0 Å². The monoisotopic (exact) mass is 326 g/mol. The molecule has 1 amide bonds. The molecule has 5 nitrogen and oxygen atoms in total. The highest BCUT2D eigenvalue weighted by molar-refractivity contribution is 5.77. The maximum Gasteiger partial charge on any atom is 0.222 e. The Kier molecular flexibility index (Phi) is 5.01. The molecule has 2 atom stereocenters. The van der Waals surface area contributed by atoms with Gasteiger partial charge in [-0.2, -0.15) is 0 Å². The molecule has 1 aliphatic heterocycles. The Morgan fingerprint density at radius 2 is 1.79 bits per heavy atom. The zero-order valence-electron chi connectivity index (χ0n) is 13.7. The number of nitrogens with one attached hydrogen (secondary N) is 1. The second kappa shape index (κ2) is 7.36. The van der Waals surface area contributed by atoms with Crippen molar-refractivity contribution in [3.8, 4) is 11.5 Å². The highest BCUT2D eigenvalue weighted by Gasteiger charge is 2.17. The first-order valence-corrected chi connectivity index (χ1v) is 8.13. The van der Waals surface area contributed by atoms with E-state index in [2.05, 4.69) is 5.32 Å². The lowest BCUT2D eigenvalue weighted by atomic mass is 10.0. The molecule has 1 heterocycles. The molecule has 24 heavy (non-hydrogen) atoms. The first-order chi connectivity index (χ1) is 11.6. The molecular formula is C19H22N2O3. The number of hydrogen-bond donors (Lipinski definition) is 2. The molecule has 0 saturated carbocycles. The molecule has 126 valence electrons. The van der Waals surface area contributed by atoms with E-state index in [0.29, 0.717) is 13.2 Å². The fraction of sp³-hybridized carbons (Fsp3) is 0.316. The van der Waals surface area contributed by atoms with Crippen molar-refractivity contribution in [2.75, 3.05) is 13.2 Å². The number of ether oxygens (including phenoxy) is 2. The number of rotatable bonds is 5. The number of amides is 1. The maximum absolute atomic E-state index is 12.3. The highest BCUT2D eigenvalue weighted by atomic mass is 16.6. The quantitative estimate of drug-likeness (QED) is 0.886. The van der Waals surface area contributed by atoms with Gasteiger partial charge in [0, 0.05) is 12.5 Å². The SMILES string of the molecule is CC(NC(=O)CC(N)c1ccccc1)c1ccc2c(c1)OCCO2. The van der Waals surface area contributed by atoms with Crippen LogP contribution in [0.3, 0.4) is 0 Å². The van der Waals surface area contributed by atoms with E-state index in [1.807, 2.05) is 55.5 Å². The van der Waals surface area contributed by atoms with Gasteiger partial charge < -0.3 is 20.5 Å². The Hall–Kier alpha value is -2.53. The van der Waals surface area contributed by atoms with Crippen molar-refractivity contribution in [2.24, 2.45) is 5.73 Å². The average Bonchev–Trinajstić information content (AvgIpc) is 2.61. The van der Waals surface area contributed by atoms with Gasteiger partial charge in [0.15, 0.2) is 11.5 Å². The van der Waals surface area contributed by atoms with Crippen LogP contribution in [0.2, 0.25) is 0 Å². The van der Waals surface area contributed by atoms with Crippen LogP contribution in [-0.4, -0.2) is 19.1 Å². The third kappa shape index (κ3) is 3.86. The molecule has 0 aromatic heterocycles. The molecule has 3 rings (SSSR count). The molecule has 0 aliphatic carbocycles. The number of carbonyl (C=O) groups is 1. The predicted molar refractivity (Wildman–Crippen MR) is 92.0 cm³/mol. The van der Waals surface area contributed by atoms with Gasteiger partial charge in [0.05, 0.1) is 6.04 Å². The summed E-state index contributed by atoms with van der Waals surface area (Å²) in [6, 6.07) is 14.9. The third-order valence-electron chi connectivity index (χ3n) is 4.08. The Labute approximate surface area is 141 Å². The van der Waals surface area contributed by atoms with Gasteiger partial charge in [-0.3, -0.25) is 4.79 Å². The standard InChI is InChI=1S/C19H22N2O3/c1-13(15-7-8-17-18(11-15)24-10-9-23-17)21-19(22)12-16(20)14-5-3-2-4-6-14/h2-8,11,13,16H,9-10,12,20H2,1H3,(H,21,22). The summed E-state index contributed by atoms with van der Waals surface area (Å²) >= 11 is 0. The lowest BCUT2D eigenvalue weighted by Gasteiger charge is -2.21. The molecule has 2 aromatic carbocycles. The summed E-state index contributed by atoms with van der Waals surface area (Å²) in [5.41, 5.74) is 8.04. The van der Waals surface area contributed by atoms with Gasteiger partial charge in [0.25, 0.3) is 0 Å². The predicted octanol–water partition coefficient (Wildman–Crippen LogP) is 2.73. The normalized spacial score (nSPS) is 15.4. The molecule has 5 heteroatoms. The van der Waals surface area contributed by atoms with Crippen molar-refractivity contribution in [1.29, 1.82) is 0 Å². The highest BCUT2D eigenvalue weighted by Crippen LogP contribution is 2.32. The van der Waals surface area contributed by atoms with Crippen LogP contribution in [0.4, 0.5) is 0 Å². The van der Waals surface area contributed by atoms with E-state index < -0.39 is 0 Å². The Balaban J connectivity index is 1.60. The second-order valence-electron chi connectivity index (χ2n) is 5.91. The van der Waals surface area contributed by atoms with E-state index in [-0.39, 0.29) is 24.4 Å². The molecule has 0 bridgehead atoms. The van der Waals surface area contributed by atoms with Crippen LogP contribution >= 0.6 is 0 Å². The minimum atomic E-state index is -0.307. The molecule has 0 saturated heterocycles. The largest absolute Gasteiger partial charge is 0.486 e. The smallest absolute Gasteiger partial charge is 0.222 e. The minimum absolute atomic E-state index is 0.0752. The van der Waals surface area contributed by atoms with Crippen LogP contribution < -0.4 is 20.5 Å². The van der Waals surface area contributed by atoms with Gasteiger partial charge >= 0.3 is 0 Å². The summed E-state index contributed by atoms with van der Waals surface area (Å²) in [6.45, 7) is 3.05. The first kappa shape index (κ1) is 16.3. The van der Waals surface area contributed by atoms with Gasteiger partial charge in [-0.15, -0.1) is 0 Å². The Morgan fingerprint density at radius 1 is 1.08 bits per heavy atom. The molecule has 2 unspecified atom stereocenters. The Bertz CT molecular complexity index is 703. The van der Waals surface area contributed by atoms with Crippen LogP contribution in [-0.2, 0) is 4.79 Å². The van der Waals surface area contributed by atoms with Gasteiger partial charge in [0.2, 0.25) is 5.91 Å². The van der Waals surface area contributed by atoms with E-state index in [1.54, 1.807) is 0 Å². The molecule has 0 fully saturated rings. The molecular weight excluding hydrogens is 304 g/mol. The second-order valence-corrected chi connectivity index (χ2v) is 5.91. The zero-order chi connectivity index (χ0) is 16.9. The molecule has 0 radical (unpaired) electrons. The van der Waals surface area contributed by atoms with E-state index in [0.717, 1.165) is 22.6 Å². The van der Waals surface area contributed by atoms with Crippen LogP contribution in [0.15, 0.2) is 48.5 Å². The maximum atomic E-state index is 12.3. The Morgan fingerprint density at radius 3 is 2.54 bits per heavy atom. The number of fused-ring (bicyclic) bond motifs is 1. The van der Waals surface area contributed by atoms with Crippen molar-refractivity contribution < 1.29 is 14.3 Å². The summed E-state index contributed by atoms with van der Waals surface area (Å²) < 4.78 is 11.1. The topological polar surface area (TPSA) is 73.6 Å². The van der Waals surface area contributed by atoms with Gasteiger partial charge in [-0.05, 0) is 30.2 Å². The third-order valence-corrected chi connectivity index (χ3v) is 4.08. The number of carbonyl (C=O) groups excluding carboxylic acids is 1. The molecule has 0 spiro atoms. The van der Waals surface area contributed by atoms with Crippen LogP contribution in [0.25, 0.3) is 0 Å². The number of hydrogen-bond acceptors (Lipinski definition) is 4. The fourth-order valence-corrected chi connectivity index (χ4v) is 2.73. The van der Waals surface area contributed by atoms with Gasteiger partial charge in [-0.25, -0.2) is 0 Å². The fourth-order valence-electron chi connectivity index (χ4n) is 2.73. The van der Waals surface area contributed by atoms with Crippen molar-refractivity contribution >= 4 is 5.91 Å². The summed E-state index contributed by atoms with van der Waals surface area (Å²) in [4.78, 5) is 12.3.